The highest BCUT2D eigenvalue weighted by Crippen LogP contribution is 1.94. The Morgan fingerprint density at radius 3 is 2.27 bits per heavy atom. The van der Waals surface area contributed by atoms with Crippen LogP contribution in [0.3, 0.4) is 0 Å². The number of nitrogens with one attached hydrogen (secondary N) is 1. The molecule has 1 unspecified atom stereocenters. The SMILES string of the molecule is CCC(NC(=O)CCS(C)(=O)=O)C(=O)O. The van der Waals surface area contributed by atoms with E-state index in [0.717, 1.165) is 6.26 Å². The van der Waals surface area contributed by atoms with Gasteiger partial charge in [0.25, 0.3) is 0 Å². The van der Waals surface area contributed by atoms with E-state index in [9.17, 15) is 18.0 Å². The molecule has 0 aliphatic rings. The van der Waals surface area contributed by atoms with Gasteiger partial charge < -0.3 is 10.4 Å². The monoisotopic (exact) mass is 237 g/mol. The molecule has 0 aromatic rings. The van der Waals surface area contributed by atoms with E-state index < -0.39 is 27.8 Å². The molecule has 7 heteroatoms. The Bertz CT molecular complexity index is 335. The molecular formula is C8H15NO5S. The van der Waals surface area contributed by atoms with Crippen molar-refractivity contribution in [3.63, 3.8) is 0 Å². The predicted octanol–water partition coefficient (Wildman–Crippen LogP) is -0.599. The summed E-state index contributed by atoms with van der Waals surface area (Å²) in [4.78, 5) is 21.7. The lowest BCUT2D eigenvalue weighted by Gasteiger charge is -2.11. The van der Waals surface area contributed by atoms with Crippen molar-refractivity contribution in [1.82, 2.24) is 5.32 Å². The molecule has 0 aromatic heterocycles. The van der Waals surface area contributed by atoms with Gasteiger partial charge in [-0.15, -0.1) is 0 Å². The van der Waals surface area contributed by atoms with Crippen molar-refractivity contribution in [2.75, 3.05) is 12.0 Å². The number of rotatable bonds is 6. The van der Waals surface area contributed by atoms with Gasteiger partial charge in [-0.2, -0.15) is 0 Å². The van der Waals surface area contributed by atoms with Crippen LogP contribution in [0.25, 0.3) is 0 Å². The molecule has 0 bridgehead atoms. The molecule has 1 atom stereocenters. The molecule has 2 N–H and O–H groups in total. The molecule has 0 heterocycles. The minimum absolute atomic E-state index is 0.206. The predicted molar refractivity (Wildman–Crippen MR) is 54.2 cm³/mol. The number of sulfone groups is 1. The Balaban J connectivity index is 4.09. The average molecular weight is 237 g/mol. The number of hydrogen-bond donors (Lipinski definition) is 2. The average Bonchev–Trinajstić information content (AvgIpc) is 2.09. The first-order valence-electron chi connectivity index (χ1n) is 4.46. The van der Waals surface area contributed by atoms with Crippen LogP contribution in [0.1, 0.15) is 19.8 Å². The fraction of sp³-hybridized carbons (Fsp3) is 0.750. The van der Waals surface area contributed by atoms with Crippen LogP contribution in [-0.4, -0.2) is 43.5 Å². The zero-order valence-corrected chi connectivity index (χ0v) is 9.50. The Morgan fingerprint density at radius 1 is 1.40 bits per heavy atom. The van der Waals surface area contributed by atoms with Gasteiger partial charge in [0, 0.05) is 12.7 Å². The van der Waals surface area contributed by atoms with Gasteiger partial charge in [0.05, 0.1) is 5.75 Å². The van der Waals surface area contributed by atoms with Crippen molar-refractivity contribution < 1.29 is 23.1 Å². The lowest BCUT2D eigenvalue weighted by molar-refractivity contribution is -0.141. The van der Waals surface area contributed by atoms with Crippen LogP contribution in [0.4, 0.5) is 0 Å². The molecule has 0 radical (unpaired) electrons. The molecule has 6 nitrogen and oxygen atoms in total. The zero-order chi connectivity index (χ0) is 12.1. The summed E-state index contributed by atoms with van der Waals surface area (Å²) in [5, 5.41) is 10.9. The normalized spacial score (nSPS) is 13.2. The molecule has 0 rings (SSSR count). The third kappa shape index (κ3) is 6.89. The second-order valence-electron chi connectivity index (χ2n) is 3.25. The summed E-state index contributed by atoms with van der Waals surface area (Å²) in [6, 6.07) is -0.947. The largest absolute Gasteiger partial charge is 0.480 e. The zero-order valence-electron chi connectivity index (χ0n) is 8.69. The van der Waals surface area contributed by atoms with Gasteiger partial charge in [0.2, 0.25) is 5.91 Å². The van der Waals surface area contributed by atoms with E-state index in [2.05, 4.69) is 5.32 Å². The lowest BCUT2D eigenvalue weighted by atomic mass is 10.2. The molecule has 0 aliphatic heterocycles. The number of carbonyl (C=O) groups is 2. The summed E-state index contributed by atoms with van der Waals surface area (Å²) in [7, 11) is -3.19. The smallest absolute Gasteiger partial charge is 0.326 e. The summed E-state index contributed by atoms with van der Waals surface area (Å²) in [6.07, 6.45) is 1.08. The standard InChI is InChI=1S/C8H15NO5S/c1-3-6(8(11)12)9-7(10)4-5-15(2,13)14/h6H,3-5H2,1-2H3,(H,9,10)(H,11,12). The molecule has 0 fully saturated rings. The molecule has 88 valence electrons. The van der Waals surface area contributed by atoms with E-state index in [1.165, 1.54) is 0 Å². The van der Waals surface area contributed by atoms with Crippen molar-refractivity contribution in [1.29, 1.82) is 0 Å². The van der Waals surface area contributed by atoms with Crippen molar-refractivity contribution in [2.24, 2.45) is 0 Å². The third-order valence-electron chi connectivity index (χ3n) is 1.74. The minimum Gasteiger partial charge on any atom is -0.480 e. The Hall–Kier alpha value is -1.11. The molecule has 0 saturated heterocycles. The van der Waals surface area contributed by atoms with E-state index in [1.54, 1.807) is 6.92 Å². The van der Waals surface area contributed by atoms with Crippen LogP contribution in [0.15, 0.2) is 0 Å². The van der Waals surface area contributed by atoms with Gasteiger partial charge in [-0.25, -0.2) is 13.2 Å². The first kappa shape index (κ1) is 13.9. The van der Waals surface area contributed by atoms with E-state index in [-0.39, 0.29) is 18.6 Å². The number of carboxylic acids is 1. The fourth-order valence-corrected chi connectivity index (χ4v) is 1.44. The van der Waals surface area contributed by atoms with E-state index in [0.29, 0.717) is 0 Å². The highest BCUT2D eigenvalue weighted by Gasteiger charge is 2.18. The fourth-order valence-electron chi connectivity index (χ4n) is 0.883. The Kier molecular flexibility index (Phi) is 5.27. The van der Waals surface area contributed by atoms with Crippen LogP contribution in [0.5, 0.6) is 0 Å². The maximum absolute atomic E-state index is 11.1. The number of amides is 1. The molecule has 15 heavy (non-hydrogen) atoms. The molecule has 1 amide bonds. The molecule has 0 saturated carbocycles. The number of carboxylic acid groups (broad SMARTS) is 1. The summed E-state index contributed by atoms with van der Waals surface area (Å²) in [5.74, 6) is -1.95. The first-order valence-corrected chi connectivity index (χ1v) is 6.52. The van der Waals surface area contributed by atoms with Crippen LogP contribution >= 0.6 is 0 Å². The van der Waals surface area contributed by atoms with Gasteiger partial charge in [-0.05, 0) is 6.42 Å². The maximum Gasteiger partial charge on any atom is 0.326 e. The quantitative estimate of drug-likeness (QED) is 0.642. The summed E-state index contributed by atoms with van der Waals surface area (Å²) >= 11 is 0. The number of aliphatic carboxylic acids is 1. The van der Waals surface area contributed by atoms with E-state index in [4.69, 9.17) is 5.11 Å². The van der Waals surface area contributed by atoms with Gasteiger partial charge in [-0.3, -0.25) is 4.79 Å². The van der Waals surface area contributed by atoms with Crippen LogP contribution in [0, 0.1) is 0 Å². The summed E-state index contributed by atoms with van der Waals surface area (Å²) in [6.45, 7) is 1.62. The Labute approximate surface area is 88.6 Å². The van der Waals surface area contributed by atoms with Crippen LogP contribution in [0.2, 0.25) is 0 Å². The van der Waals surface area contributed by atoms with E-state index >= 15 is 0 Å². The lowest BCUT2D eigenvalue weighted by Crippen LogP contribution is -2.40. The second kappa shape index (κ2) is 5.69. The Morgan fingerprint density at radius 2 is 1.93 bits per heavy atom. The highest BCUT2D eigenvalue weighted by atomic mass is 32.2. The van der Waals surface area contributed by atoms with Crippen molar-refractivity contribution in [2.45, 2.75) is 25.8 Å². The summed E-state index contributed by atoms with van der Waals surface area (Å²) < 4.78 is 21.5. The maximum atomic E-state index is 11.1. The minimum atomic E-state index is -3.19. The number of hydrogen-bond acceptors (Lipinski definition) is 4. The molecular weight excluding hydrogens is 222 g/mol. The van der Waals surface area contributed by atoms with Crippen LogP contribution in [-0.2, 0) is 19.4 Å². The number of carbonyl (C=O) groups excluding carboxylic acids is 1. The van der Waals surface area contributed by atoms with Gasteiger partial charge in [0.15, 0.2) is 0 Å². The molecule has 0 spiro atoms. The van der Waals surface area contributed by atoms with E-state index in [1.807, 2.05) is 0 Å². The van der Waals surface area contributed by atoms with Gasteiger partial charge in [-0.1, -0.05) is 6.92 Å². The van der Waals surface area contributed by atoms with Crippen molar-refractivity contribution >= 4 is 21.7 Å². The van der Waals surface area contributed by atoms with Crippen molar-refractivity contribution in [3.8, 4) is 0 Å². The molecule has 0 aromatic carbocycles. The highest BCUT2D eigenvalue weighted by molar-refractivity contribution is 7.90. The van der Waals surface area contributed by atoms with Crippen molar-refractivity contribution in [3.05, 3.63) is 0 Å². The second-order valence-corrected chi connectivity index (χ2v) is 5.51. The first-order chi connectivity index (χ1) is 6.76. The molecule has 0 aliphatic carbocycles. The third-order valence-corrected chi connectivity index (χ3v) is 2.69. The summed E-state index contributed by atoms with van der Waals surface area (Å²) in [5.41, 5.74) is 0. The van der Waals surface area contributed by atoms with Gasteiger partial charge >= 0.3 is 5.97 Å². The van der Waals surface area contributed by atoms with Gasteiger partial charge in [0.1, 0.15) is 15.9 Å². The topological polar surface area (TPSA) is 101 Å². The van der Waals surface area contributed by atoms with Crippen LogP contribution < -0.4 is 5.32 Å².